The lowest BCUT2D eigenvalue weighted by atomic mass is 10.2. The Kier molecular flexibility index (Phi) is 3.45. The van der Waals surface area contributed by atoms with E-state index in [0.29, 0.717) is 5.75 Å². The Morgan fingerprint density at radius 1 is 1.50 bits per heavy atom. The molecule has 0 amide bonds. The molecule has 0 saturated heterocycles. The molecule has 1 aromatic rings. The molecule has 0 saturated carbocycles. The lowest BCUT2D eigenvalue weighted by Gasteiger charge is -2.07. The lowest BCUT2D eigenvalue weighted by molar-refractivity contribution is 0.0522. The molecule has 0 atom stereocenters. The molecule has 0 radical (unpaired) electrons. The van der Waals surface area contributed by atoms with Crippen LogP contribution in [0.15, 0.2) is 18.2 Å². The highest BCUT2D eigenvalue weighted by Crippen LogP contribution is 2.19. The zero-order valence-electron chi connectivity index (χ0n) is 8.04. The number of hydrogen-bond donors (Lipinski definition) is 0. The largest absolute Gasteiger partial charge is 0.496 e. The van der Waals surface area contributed by atoms with Gasteiger partial charge in [-0.3, -0.25) is 0 Å². The van der Waals surface area contributed by atoms with Crippen LogP contribution in [0.4, 0.5) is 4.39 Å². The van der Waals surface area contributed by atoms with Crippen LogP contribution in [0.25, 0.3) is 0 Å². The van der Waals surface area contributed by atoms with Gasteiger partial charge in [-0.25, -0.2) is 9.18 Å². The first kappa shape index (κ1) is 10.5. The van der Waals surface area contributed by atoms with Crippen molar-refractivity contribution in [3.63, 3.8) is 0 Å². The molecule has 0 aliphatic rings. The van der Waals surface area contributed by atoms with E-state index in [-0.39, 0.29) is 12.2 Å². The van der Waals surface area contributed by atoms with Crippen molar-refractivity contribution in [1.29, 1.82) is 0 Å². The zero-order chi connectivity index (χ0) is 10.6. The van der Waals surface area contributed by atoms with Gasteiger partial charge in [0, 0.05) is 0 Å². The summed E-state index contributed by atoms with van der Waals surface area (Å²) < 4.78 is 22.5. The van der Waals surface area contributed by atoms with Gasteiger partial charge < -0.3 is 9.47 Å². The molecule has 0 unspecified atom stereocenters. The van der Waals surface area contributed by atoms with Gasteiger partial charge in [-0.05, 0) is 25.1 Å². The fourth-order valence-electron chi connectivity index (χ4n) is 1.05. The summed E-state index contributed by atoms with van der Waals surface area (Å²) in [4.78, 5) is 11.3. The van der Waals surface area contributed by atoms with Crippen LogP contribution in [0.2, 0.25) is 0 Å². The Labute approximate surface area is 81.4 Å². The second kappa shape index (κ2) is 4.60. The van der Waals surface area contributed by atoms with Gasteiger partial charge in [0.2, 0.25) is 0 Å². The van der Waals surface area contributed by atoms with Gasteiger partial charge in [-0.15, -0.1) is 0 Å². The monoisotopic (exact) mass is 198 g/mol. The van der Waals surface area contributed by atoms with Crippen molar-refractivity contribution >= 4 is 5.97 Å². The topological polar surface area (TPSA) is 35.5 Å². The van der Waals surface area contributed by atoms with Gasteiger partial charge in [-0.1, -0.05) is 0 Å². The second-order valence-corrected chi connectivity index (χ2v) is 2.57. The minimum atomic E-state index is -0.580. The quantitative estimate of drug-likeness (QED) is 0.697. The number of esters is 1. The summed E-state index contributed by atoms with van der Waals surface area (Å²) in [6.45, 7) is 1.93. The summed E-state index contributed by atoms with van der Waals surface area (Å²) in [5, 5.41) is 0. The van der Waals surface area contributed by atoms with Crippen molar-refractivity contribution in [2.75, 3.05) is 13.7 Å². The fourth-order valence-corrected chi connectivity index (χ4v) is 1.05. The smallest absolute Gasteiger partial charge is 0.342 e. The first-order chi connectivity index (χ1) is 6.69. The van der Waals surface area contributed by atoms with Crippen LogP contribution in [0.3, 0.4) is 0 Å². The van der Waals surface area contributed by atoms with E-state index < -0.39 is 11.8 Å². The summed E-state index contributed by atoms with van der Waals surface area (Å²) >= 11 is 0. The van der Waals surface area contributed by atoms with Gasteiger partial charge in [0.05, 0.1) is 13.7 Å². The number of carbonyl (C=O) groups excluding carboxylic acids is 1. The lowest BCUT2D eigenvalue weighted by Crippen LogP contribution is -2.07. The average Bonchev–Trinajstić information content (AvgIpc) is 2.18. The summed E-state index contributed by atoms with van der Waals surface area (Å²) in [5.41, 5.74) is 0.106. The maximum atomic E-state index is 12.8. The first-order valence-corrected chi connectivity index (χ1v) is 4.19. The van der Waals surface area contributed by atoms with Crippen molar-refractivity contribution in [2.24, 2.45) is 0 Å². The van der Waals surface area contributed by atoms with Crippen molar-refractivity contribution in [3.05, 3.63) is 29.6 Å². The third-order valence-electron chi connectivity index (χ3n) is 1.66. The van der Waals surface area contributed by atoms with E-state index in [1.165, 1.54) is 19.2 Å². The third kappa shape index (κ3) is 2.22. The molecule has 0 aliphatic heterocycles. The molecule has 0 aliphatic carbocycles. The number of hydrogen-bond acceptors (Lipinski definition) is 3. The Bertz CT molecular complexity index is 336. The maximum absolute atomic E-state index is 12.8. The van der Waals surface area contributed by atoms with Crippen LogP contribution < -0.4 is 4.74 Å². The van der Waals surface area contributed by atoms with Crippen LogP contribution in [0.1, 0.15) is 17.3 Å². The summed E-state index contributed by atoms with van der Waals surface area (Å²) in [5.74, 6) is -0.762. The SMILES string of the molecule is CCOC(=O)c1cc(F)ccc1OC. The van der Waals surface area contributed by atoms with Crippen molar-refractivity contribution < 1.29 is 18.7 Å². The molecule has 0 spiro atoms. The van der Waals surface area contributed by atoms with Crippen molar-refractivity contribution in [2.45, 2.75) is 6.92 Å². The number of carbonyl (C=O) groups is 1. The van der Waals surface area contributed by atoms with Gasteiger partial charge >= 0.3 is 5.97 Å². The van der Waals surface area contributed by atoms with Crippen LogP contribution >= 0.6 is 0 Å². The predicted octanol–water partition coefficient (Wildman–Crippen LogP) is 2.01. The summed E-state index contributed by atoms with van der Waals surface area (Å²) in [7, 11) is 1.41. The molecule has 0 fully saturated rings. The molecule has 0 N–H and O–H groups in total. The number of methoxy groups -OCH3 is 1. The van der Waals surface area contributed by atoms with E-state index in [4.69, 9.17) is 9.47 Å². The molecule has 0 aromatic heterocycles. The third-order valence-corrected chi connectivity index (χ3v) is 1.66. The highest BCUT2D eigenvalue weighted by atomic mass is 19.1. The standard InChI is InChI=1S/C10H11FO3/c1-3-14-10(12)8-6-7(11)4-5-9(8)13-2/h4-6H,3H2,1-2H3. The van der Waals surface area contributed by atoms with E-state index >= 15 is 0 Å². The van der Waals surface area contributed by atoms with Crippen LogP contribution in [0, 0.1) is 5.82 Å². The van der Waals surface area contributed by atoms with Gasteiger partial charge in [0.15, 0.2) is 0 Å². The maximum Gasteiger partial charge on any atom is 0.342 e. The molecule has 1 rings (SSSR count). The Balaban J connectivity index is 3.03. The minimum Gasteiger partial charge on any atom is -0.496 e. The molecule has 0 bridgehead atoms. The van der Waals surface area contributed by atoms with Crippen LogP contribution in [-0.2, 0) is 4.74 Å². The number of benzene rings is 1. The summed E-state index contributed by atoms with van der Waals surface area (Å²) in [6, 6.07) is 3.71. The number of ether oxygens (including phenoxy) is 2. The zero-order valence-corrected chi connectivity index (χ0v) is 8.04. The van der Waals surface area contributed by atoms with Crippen molar-refractivity contribution in [1.82, 2.24) is 0 Å². The molecule has 0 heterocycles. The van der Waals surface area contributed by atoms with Crippen LogP contribution in [0.5, 0.6) is 5.75 Å². The normalized spacial score (nSPS) is 9.64. The number of rotatable bonds is 3. The van der Waals surface area contributed by atoms with E-state index in [2.05, 4.69) is 0 Å². The highest BCUT2D eigenvalue weighted by Gasteiger charge is 2.13. The Morgan fingerprint density at radius 3 is 2.79 bits per heavy atom. The predicted molar refractivity (Wildman–Crippen MR) is 48.9 cm³/mol. The highest BCUT2D eigenvalue weighted by molar-refractivity contribution is 5.92. The fraction of sp³-hybridized carbons (Fsp3) is 0.300. The molecular weight excluding hydrogens is 187 g/mol. The van der Waals surface area contributed by atoms with Gasteiger partial charge in [0.1, 0.15) is 17.1 Å². The second-order valence-electron chi connectivity index (χ2n) is 2.57. The molecule has 1 aromatic carbocycles. The van der Waals surface area contributed by atoms with E-state index in [9.17, 15) is 9.18 Å². The van der Waals surface area contributed by atoms with Gasteiger partial charge in [-0.2, -0.15) is 0 Å². The molecule has 4 heteroatoms. The Hall–Kier alpha value is -1.58. The van der Waals surface area contributed by atoms with Crippen LogP contribution in [-0.4, -0.2) is 19.7 Å². The number of halogens is 1. The van der Waals surface area contributed by atoms with E-state index in [1.807, 2.05) is 0 Å². The Morgan fingerprint density at radius 2 is 2.21 bits per heavy atom. The van der Waals surface area contributed by atoms with Gasteiger partial charge in [0.25, 0.3) is 0 Å². The van der Waals surface area contributed by atoms with Crippen molar-refractivity contribution in [3.8, 4) is 5.75 Å². The minimum absolute atomic E-state index is 0.106. The molecule has 14 heavy (non-hydrogen) atoms. The molecular formula is C10H11FO3. The first-order valence-electron chi connectivity index (χ1n) is 4.19. The molecule has 3 nitrogen and oxygen atoms in total. The van der Waals surface area contributed by atoms with E-state index in [1.54, 1.807) is 6.92 Å². The summed E-state index contributed by atoms with van der Waals surface area (Å²) in [6.07, 6.45) is 0. The average molecular weight is 198 g/mol. The van der Waals surface area contributed by atoms with E-state index in [0.717, 1.165) is 6.07 Å². The molecule has 76 valence electrons.